The second-order valence-corrected chi connectivity index (χ2v) is 5.43. The molecule has 20 heavy (non-hydrogen) atoms. The Balaban J connectivity index is 2.23. The summed E-state index contributed by atoms with van der Waals surface area (Å²) >= 11 is 5.95. The number of aliphatic hydroxyl groups is 1. The van der Waals surface area contributed by atoms with Crippen molar-refractivity contribution in [1.82, 2.24) is 5.32 Å². The maximum atomic E-state index is 12.4. The van der Waals surface area contributed by atoms with E-state index < -0.39 is 24.0 Å². The Morgan fingerprint density at radius 2 is 2.10 bits per heavy atom. The van der Waals surface area contributed by atoms with Crippen molar-refractivity contribution in [2.75, 3.05) is 6.61 Å². The number of carbonyl (C=O) groups is 2. The van der Waals surface area contributed by atoms with Crippen molar-refractivity contribution in [2.24, 2.45) is 0 Å². The van der Waals surface area contributed by atoms with E-state index in [1.54, 1.807) is 18.2 Å². The lowest BCUT2D eigenvalue weighted by atomic mass is 9.63. The maximum Gasteiger partial charge on any atom is 0.328 e. The van der Waals surface area contributed by atoms with Gasteiger partial charge in [0.05, 0.1) is 12.0 Å². The zero-order valence-electron chi connectivity index (χ0n) is 10.8. The highest BCUT2D eigenvalue weighted by atomic mass is 35.5. The third kappa shape index (κ3) is 2.64. The second-order valence-electron chi connectivity index (χ2n) is 4.99. The number of halogens is 1. The highest BCUT2D eigenvalue weighted by Crippen LogP contribution is 2.44. The molecule has 0 aliphatic heterocycles. The van der Waals surface area contributed by atoms with E-state index in [4.69, 9.17) is 21.8 Å². The third-order valence-corrected chi connectivity index (χ3v) is 4.04. The Labute approximate surface area is 121 Å². The van der Waals surface area contributed by atoms with Crippen LogP contribution in [0.15, 0.2) is 24.3 Å². The monoisotopic (exact) mass is 297 g/mol. The molecular weight excluding hydrogens is 282 g/mol. The summed E-state index contributed by atoms with van der Waals surface area (Å²) in [6.45, 7) is -0.632. The van der Waals surface area contributed by atoms with Crippen LogP contribution in [0.1, 0.15) is 24.8 Å². The first kappa shape index (κ1) is 14.8. The van der Waals surface area contributed by atoms with Crippen molar-refractivity contribution in [2.45, 2.75) is 30.7 Å². The average Bonchev–Trinajstić information content (AvgIpc) is 2.34. The highest BCUT2D eigenvalue weighted by Gasteiger charge is 2.46. The van der Waals surface area contributed by atoms with E-state index in [0.29, 0.717) is 17.9 Å². The molecule has 1 aromatic carbocycles. The summed E-state index contributed by atoms with van der Waals surface area (Å²) in [7, 11) is 0. The van der Waals surface area contributed by atoms with Gasteiger partial charge in [-0.1, -0.05) is 30.2 Å². The molecular formula is C14H16ClNO4. The lowest BCUT2D eigenvalue weighted by Crippen LogP contribution is -2.54. The van der Waals surface area contributed by atoms with Crippen molar-refractivity contribution in [1.29, 1.82) is 0 Å². The minimum Gasteiger partial charge on any atom is -0.480 e. The van der Waals surface area contributed by atoms with E-state index in [9.17, 15) is 9.59 Å². The van der Waals surface area contributed by atoms with Gasteiger partial charge in [0.1, 0.15) is 6.04 Å². The molecule has 3 N–H and O–H groups in total. The lowest BCUT2D eigenvalue weighted by molar-refractivity contribution is -0.144. The van der Waals surface area contributed by atoms with E-state index in [-0.39, 0.29) is 5.91 Å². The van der Waals surface area contributed by atoms with E-state index in [1.165, 1.54) is 0 Å². The molecule has 6 heteroatoms. The number of carbonyl (C=O) groups excluding carboxylic acids is 1. The molecule has 1 amide bonds. The summed E-state index contributed by atoms with van der Waals surface area (Å²) in [5.74, 6) is -1.62. The molecule has 1 aliphatic carbocycles. The van der Waals surface area contributed by atoms with E-state index >= 15 is 0 Å². The van der Waals surface area contributed by atoms with Gasteiger partial charge in [0.2, 0.25) is 5.91 Å². The Morgan fingerprint density at radius 3 is 2.55 bits per heavy atom. The fourth-order valence-electron chi connectivity index (χ4n) is 2.45. The molecule has 1 aromatic rings. The van der Waals surface area contributed by atoms with Gasteiger partial charge < -0.3 is 15.5 Å². The maximum absolute atomic E-state index is 12.4. The topological polar surface area (TPSA) is 86.6 Å². The average molecular weight is 298 g/mol. The molecule has 1 atom stereocenters. The van der Waals surface area contributed by atoms with Crippen molar-refractivity contribution in [3.8, 4) is 0 Å². The van der Waals surface area contributed by atoms with E-state index in [0.717, 1.165) is 12.0 Å². The Morgan fingerprint density at radius 1 is 1.40 bits per heavy atom. The smallest absolute Gasteiger partial charge is 0.328 e. The summed E-state index contributed by atoms with van der Waals surface area (Å²) < 4.78 is 0. The van der Waals surface area contributed by atoms with Gasteiger partial charge in [0.25, 0.3) is 0 Å². The molecule has 1 aliphatic rings. The first-order valence-corrected chi connectivity index (χ1v) is 6.78. The Kier molecular flexibility index (Phi) is 4.30. The summed E-state index contributed by atoms with van der Waals surface area (Å²) in [4.78, 5) is 23.3. The predicted octanol–water partition coefficient (Wildman–Crippen LogP) is 1.32. The number of hydrogen-bond donors (Lipinski definition) is 3. The van der Waals surface area contributed by atoms with Crippen LogP contribution in [0.25, 0.3) is 0 Å². The summed E-state index contributed by atoms with van der Waals surface area (Å²) in [5.41, 5.74) is 0.0594. The minimum absolute atomic E-state index is 0.368. The first-order valence-electron chi connectivity index (χ1n) is 6.40. The van der Waals surface area contributed by atoms with E-state index in [1.807, 2.05) is 6.07 Å². The lowest BCUT2D eigenvalue weighted by Gasteiger charge is -2.41. The van der Waals surface area contributed by atoms with E-state index in [2.05, 4.69) is 5.32 Å². The van der Waals surface area contributed by atoms with Crippen LogP contribution in [-0.2, 0) is 15.0 Å². The second kappa shape index (κ2) is 5.81. The minimum atomic E-state index is -1.28. The predicted molar refractivity (Wildman–Crippen MR) is 73.6 cm³/mol. The highest BCUT2D eigenvalue weighted by molar-refractivity contribution is 6.30. The number of rotatable bonds is 5. The van der Waals surface area contributed by atoms with Crippen LogP contribution >= 0.6 is 11.6 Å². The Bertz CT molecular complexity index is 528. The van der Waals surface area contributed by atoms with Crippen molar-refractivity contribution < 1.29 is 19.8 Å². The SMILES string of the molecule is O=C(O)[C@@H](CO)NC(=O)C1(c2cccc(Cl)c2)CCC1. The number of carboxylic acid groups (broad SMARTS) is 1. The number of aliphatic hydroxyl groups excluding tert-OH is 1. The third-order valence-electron chi connectivity index (χ3n) is 3.80. The number of hydrogen-bond acceptors (Lipinski definition) is 3. The van der Waals surface area contributed by atoms with Gasteiger partial charge in [-0.25, -0.2) is 4.79 Å². The molecule has 0 saturated heterocycles. The fraction of sp³-hybridized carbons (Fsp3) is 0.429. The van der Waals surface area contributed by atoms with Gasteiger partial charge in [-0.05, 0) is 30.5 Å². The number of carboxylic acids is 1. The molecule has 2 rings (SSSR count). The molecule has 0 aromatic heterocycles. The van der Waals surface area contributed by atoms with Crippen LogP contribution in [0.2, 0.25) is 5.02 Å². The quantitative estimate of drug-likeness (QED) is 0.765. The van der Waals surface area contributed by atoms with Gasteiger partial charge in [-0.2, -0.15) is 0 Å². The van der Waals surface area contributed by atoms with Crippen LogP contribution < -0.4 is 5.32 Å². The van der Waals surface area contributed by atoms with Crippen LogP contribution in [0.4, 0.5) is 0 Å². The molecule has 0 bridgehead atoms. The Hall–Kier alpha value is -1.59. The number of aliphatic carboxylic acids is 1. The zero-order valence-corrected chi connectivity index (χ0v) is 11.6. The van der Waals surface area contributed by atoms with Gasteiger partial charge in [-0.15, -0.1) is 0 Å². The number of amides is 1. The van der Waals surface area contributed by atoms with Gasteiger partial charge >= 0.3 is 5.97 Å². The van der Waals surface area contributed by atoms with Crippen molar-refractivity contribution >= 4 is 23.5 Å². The molecule has 108 valence electrons. The first-order chi connectivity index (χ1) is 9.49. The largest absolute Gasteiger partial charge is 0.480 e. The number of benzene rings is 1. The van der Waals surface area contributed by atoms with Gasteiger partial charge in [0, 0.05) is 5.02 Å². The standard InChI is InChI=1S/C14H16ClNO4/c15-10-4-1-3-9(7-10)14(5-2-6-14)13(20)16-11(8-17)12(18)19/h1,3-4,7,11,17H,2,5-6,8H2,(H,16,20)(H,18,19)/t11-/m1/s1. The van der Waals surface area contributed by atoms with Crippen LogP contribution in [0.3, 0.4) is 0 Å². The molecule has 1 saturated carbocycles. The van der Waals surface area contributed by atoms with Crippen molar-refractivity contribution in [3.63, 3.8) is 0 Å². The van der Waals surface area contributed by atoms with Gasteiger partial charge in [-0.3, -0.25) is 4.79 Å². The normalized spacial score (nSPS) is 17.9. The molecule has 0 spiro atoms. The van der Waals surface area contributed by atoms with Crippen molar-refractivity contribution in [3.05, 3.63) is 34.9 Å². The molecule has 0 unspecified atom stereocenters. The van der Waals surface area contributed by atoms with Crippen LogP contribution in [0, 0.1) is 0 Å². The summed E-state index contributed by atoms with van der Waals surface area (Å²) in [6, 6.07) is 5.77. The summed E-state index contributed by atoms with van der Waals surface area (Å²) in [5, 5.41) is 20.8. The molecule has 0 heterocycles. The fourth-order valence-corrected chi connectivity index (χ4v) is 2.64. The molecule has 0 radical (unpaired) electrons. The number of nitrogens with one attached hydrogen (secondary N) is 1. The van der Waals surface area contributed by atoms with Gasteiger partial charge in [0.15, 0.2) is 0 Å². The summed E-state index contributed by atoms with van der Waals surface area (Å²) in [6.07, 6.45) is 2.20. The van der Waals surface area contributed by atoms with Crippen LogP contribution in [0.5, 0.6) is 0 Å². The molecule has 5 nitrogen and oxygen atoms in total. The molecule has 1 fully saturated rings. The van der Waals surface area contributed by atoms with Crippen LogP contribution in [-0.4, -0.2) is 34.7 Å². The zero-order chi connectivity index (χ0) is 14.8.